The van der Waals surface area contributed by atoms with Crippen LogP contribution >= 0.6 is 0 Å². The topological polar surface area (TPSA) is 73.6 Å². The van der Waals surface area contributed by atoms with E-state index < -0.39 is 0 Å². The number of non-ortho nitro benzene ring substituents is 1. The molecule has 1 aliphatic rings. The number of rotatable bonds is 7. The Hall–Kier alpha value is -1.66. The number of nitro groups is 1. The van der Waals surface area contributed by atoms with Crippen molar-refractivity contribution in [3.05, 3.63) is 33.9 Å². The summed E-state index contributed by atoms with van der Waals surface area (Å²) in [5.41, 5.74) is 1.85. The summed E-state index contributed by atoms with van der Waals surface area (Å²) in [6.07, 6.45) is 2.94. The lowest BCUT2D eigenvalue weighted by Crippen LogP contribution is -2.23. The van der Waals surface area contributed by atoms with Crippen LogP contribution in [0.1, 0.15) is 31.7 Å². The van der Waals surface area contributed by atoms with E-state index in [9.17, 15) is 10.1 Å². The number of hydrogen-bond donors (Lipinski definition) is 1. The molecule has 21 heavy (non-hydrogen) atoms. The number of benzene rings is 1. The highest BCUT2D eigenvalue weighted by Gasteiger charge is 2.16. The van der Waals surface area contributed by atoms with Gasteiger partial charge in [0.1, 0.15) is 0 Å². The van der Waals surface area contributed by atoms with Crippen LogP contribution in [0.3, 0.4) is 0 Å². The summed E-state index contributed by atoms with van der Waals surface area (Å²) in [6, 6.07) is 4.88. The van der Waals surface area contributed by atoms with Crippen LogP contribution in [0.2, 0.25) is 0 Å². The van der Waals surface area contributed by atoms with Crippen LogP contribution in [-0.4, -0.2) is 30.8 Å². The van der Waals surface area contributed by atoms with E-state index in [1.807, 2.05) is 0 Å². The summed E-state index contributed by atoms with van der Waals surface area (Å²) in [6.45, 7) is 4.75. The van der Waals surface area contributed by atoms with Crippen LogP contribution in [0.25, 0.3) is 0 Å². The first-order valence-electron chi connectivity index (χ1n) is 7.41. The van der Waals surface area contributed by atoms with E-state index in [2.05, 4.69) is 12.2 Å². The van der Waals surface area contributed by atoms with Gasteiger partial charge in [-0.05, 0) is 25.3 Å². The van der Waals surface area contributed by atoms with E-state index in [0.717, 1.165) is 50.3 Å². The Morgan fingerprint density at radius 2 is 2.19 bits per heavy atom. The molecule has 1 aromatic carbocycles. The Labute approximate surface area is 124 Å². The molecule has 1 fully saturated rings. The summed E-state index contributed by atoms with van der Waals surface area (Å²) >= 11 is 0. The summed E-state index contributed by atoms with van der Waals surface area (Å²) in [7, 11) is 0. The highest BCUT2D eigenvalue weighted by atomic mass is 16.6. The molecule has 0 bridgehead atoms. The van der Waals surface area contributed by atoms with Gasteiger partial charge in [0, 0.05) is 43.1 Å². The maximum absolute atomic E-state index is 10.9. The van der Waals surface area contributed by atoms with Crippen molar-refractivity contribution in [2.75, 3.05) is 25.1 Å². The van der Waals surface area contributed by atoms with Gasteiger partial charge in [-0.1, -0.05) is 6.92 Å². The smallest absolute Gasteiger partial charge is 0.269 e. The molecule has 0 saturated carbocycles. The van der Waals surface area contributed by atoms with E-state index in [4.69, 9.17) is 9.47 Å². The van der Waals surface area contributed by atoms with Gasteiger partial charge in [0.25, 0.3) is 5.69 Å². The molecular weight excluding hydrogens is 272 g/mol. The van der Waals surface area contributed by atoms with Crippen LogP contribution < -0.4 is 5.32 Å². The molecule has 0 radical (unpaired) electrons. The molecule has 1 aliphatic heterocycles. The highest BCUT2D eigenvalue weighted by Crippen LogP contribution is 2.24. The number of anilines is 1. The number of ether oxygens (including phenoxy) is 2. The molecule has 1 N–H and O–H groups in total. The maximum atomic E-state index is 10.9. The molecule has 116 valence electrons. The van der Waals surface area contributed by atoms with Crippen LogP contribution in [0.4, 0.5) is 11.4 Å². The van der Waals surface area contributed by atoms with Crippen LogP contribution in [0, 0.1) is 10.1 Å². The number of nitrogens with zero attached hydrogens (tertiary/aromatic N) is 1. The first kappa shape index (κ1) is 15.7. The van der Waals surface area contributed by atoms with Gasteiger partial charge in [-0.25, -0.2) is 0 Å². The molecule has 0 amide bonds. The van der Waals surface area contributed by atoms with Gasteiger partial charge < -0.3 is 14.8 Å². The van der Waals surface area contributed by atoms with Gasteiger partial charge >= 0.3 is 0 Å². The Bertz CT molecular complexity index is 473. The summed E-state index contributed by atoms with van der Waals surface area (Å²) in [5, 5.41) is 14.2. The third kappa shape index (κ3) is 4.68. The molecule has 0 atom stereocenters. The van der Waals surface area contributed by atoms with Crippen molar-refractivity contribution >= 4 is 11.4 Å². The lowest BCUT2D eigenvalue weighted by Gasteiger charge is -2.23. The lowest BCUT2D eigenvalue weighted by molar-refractivity contribution is -0.384. The van der Waals surface area contributed by atoms with Gasteiger partial charge in [0.15, 0.2) is 0 Å². The normalized spacial score (nSPS) is 15.9. The fourth-order valence-electron chi connectivity index (χ4n) is 2.30. The molecule has 0 unspecified atom stereocenters. The van der Waals surface area contributed by atoms with Gasteiger partial charge in [-0.15, -0.1) is 0 Å². The summed E-state index contributed by atoms with van der Waals surface area (Å²) in [5.74, 6) is 0. The molecule has 1 heterocycles. The third-order valence-electron chi connectivity index (χ3n) is 3.51. The van der Waals surface area contributed by atoms with Gasteiger partial charge in [-0.2, -0.15) is 0 Å². The average Bonchev–Trinajstić information content (AvgIpc) is 2.52. The zero-order chi connectivity index (χ0) is 15.1. The second kappa shape index (κ2) is 7.95. The maximum Gasteiger partial charge on any atom is 0.269 e. The molecule has 2 rings (SSSR count). The zero-order valence-corrected chi connectivity index (χ0v) is 12.3. The summed E-state index contributed by atoms with van der Waals surface area (Å²) < 4.78 is 11.2. The highest BCUT2D eigenvalue weighted by molar-refractivity contribution is 5.55. The van der Waals surface area contributed by atoms with Crippen molar-refractivity contribution in [3.63, 3.8) is 0 Å². The van der Waals surface area contributed by atoms with E-state index in [1.54, 1.807) is 12.1 Å². The van der Waals surface area contributed by atoms with Crippen LogP contribution in [-0.2, 0) is 16.1 Å². The quantitative estimate of drug-likeness (QED) is 0.618. The van der Waals surface area contributed by atoms with E-state index >= 15 is 0 Å². The zero-order valence-electron chi connectivity index (χ0n) is 12.3. The Balaban J connectivity index is 2.05. The number of nitrogens with one attached hydrogen (secondary N) is 1. The largest absolute Gasteiger partial charge is 0.385 e. The predicted molar refractivity (Wildman–Crippen MR) is 80.5 cm³/mol. The number of nitro benzene ring substituents is 1. The Kier molecular flexibility index (Phi) is 5.95. The van der Waals surface area contributed by atoms with Crippen LogP contribution in [0.15, 0.2) is 18.2 Å². The van der Waals surface area contributed by atoms with Crippen molar-refractivity contribution < 1.29 is 14.4 Å². The minimum atomic E-state index is -0.373. The molecule has 6 nitrogen and oxygen atoms in total. The standard InChI is InChI=1S/C15H22N2O4/c1-2-7-16-15-4-3-13(17(18)19)10-12(15)11-21-14-5-8-20-9-6-14/h3-4,10,14,16H,2,5-9,11H2,1H3. The second-order valence-electron chi connectivity index (χ2n) is 5.15. The second-order valence-corrected chi connectivity index (χ2v) is 5.15. The van der Waals surface area contributed by atoms with Crippen molar-refractivity contribution in [2.45, 2.75) is 38.9 Å². The predicted octanol–water partition coefficient (Wildman–Crippen LogP) is 3.11. The molecule has 0 aromatic heterocycles. The monoisotopic (exact) mass is 294 g/mol. The molecule has 1 aromatic rings. The van der Waals surface area contributed by atoms with Crippen LogP contribution in [0.5, 0.6) is 0 Å². The first-order valence-corrected chi connectivity index (χ1v) is 7.41. The molecule has 6 heteroatoms. The van der Waals surface area contributed by atoms with E-state index in [1.165, 1.54) is 6.07 Å². The van der Waals surface area contributed by atoms with Crippen molar-refractivity contribution in [1.82, 2.24) is 0 Å². The van der Waals surface area contributed by atoms with E-state index in [0.29, 0.717) is 6.61 Å². The minimum Gasteiger partial charge on any atom is -0.385 e. The Morgan fingerprint density at radius 1 is 1.43 bits per heavy atom. The molecule has 1 saturated heterocycles. The Morgan fingerprint density at radius 3 is 2.86 bits per heavy atom. The van der Waals surface area contributed by atoms with Crippen molar-refractivity contribution in [1.29, 1.82) is 0 Å². The fourth-order valence-corrected chi connectivity index (χ4v) is 2.30. The third-order valence-corrected chi connectivity index (χ3v) is 3.51. The molecule has 0 spiro atoms. The van der Waals surface area contributed by atoms with Gasteiger partial charge in [0.05, 0.1) is 17.6 Å². The van der Waals surface area contributed by atoms with Crippen molar-refractivity contribution in [2.24, 2.45) is 0 Å². The van der Waals surface area contributed by atoms with Gasteiger partial charge in [-0.3, -0.25) is 10.1 Å². The molecular formula is C15H22N2O4. The lowest BCUT2D eigenvalue weighted by atomic mass is 10.1. The van der Waals surface area contributed by atoms with Crippen molar-refractivity contribution in [3.8, 4) is 0 Å². The average molecular weight is 294 g/mol. The minimum absolute atomic E-state index is 0.0997. The van der Waals surface area contributed by atoms with Gasteiger partial charge in [0.2, 0.25) is 0 Å². The number of hydrogen-bond acceptors (Lipinski definition) is 5. The van der Waals surface area contributed by atoms with E-state index in [-0.39, 0.29) is 16.7 Å². The summed E-state index contributed by atoms with van der Waals surface area (Å²) in [4.78, 5) is 10.5. The SMILES string of the molecule is CCCNc1ccc([N+](=O)[O-])cc1COC1CCOCC1. The fraction of sp³-hybridized carbons (Fsp3) is 0.600. The first-order chi connectivity index (χ1) is 10.2. The molecule has 0 aliphatic carbocycles.